The summed E-state index contributed by atoms with van der Waals surface area (Å²) in [5.74, 6) is 0.242. The van der Waals surface area contributed by atoms with E-state index in [-0.39, 0.29) is 5.75 Å². The summed E-state index contributed by atoms with van der Waals surface area (Å²) in [5, 5.41) is 3.40. The van der Waals surface area contributed by atoms with Crippen molar-refractivity contribution in [2.75, 3.05) is 25.9 Å². The number of likely N-dealkylation sites (N-methyl/N-ethyl adjacent to an activating group) is 1. The molecule has 0 saturated heterocycles. The highest BCUT2D eigenvalue weighted by atomic mass is 32.2. The topological polar surface area (TPSA) is 62.3 Å². The van der Waals surface area contributed by atoms with E-state index in [1.54, 1.807) is 19.4 Å². The number of hydrogen-bond acceptors (Lipinski definition) is 4. The molecule has 0 unspecified atom stereocenters. The first kappa shape index (κ1) is 16.4. The second kappa shape index (κ2) is 7.87. The number of sulfonamides is 1. The van der Waals surface area contributed by atoms with E-state index in [2.05, 4.69) is 10.3 Å². The minimum atomic E-state index is -3.13. The van der Waals surface area contributed by atoms with E-state index in [9.17, 15) is 8.42 Å². The normalized spacial score (nSPS) is 15.5. The minimum Gasteiger partial charge on any atom is -0.314 e. The van der Waals surface area contributed by atoms with E-state index in [4.69, 9.17) is 0 Å². The van der Waals surface area contributed by atoms with Crippen LogP contribution in [0.5, 0.6) is 0 Å². The van der Waals surface area contributed by atoms with Gasteiger partial charge in [0, 0.05) is 32.0 Å². The molecule has 1 aromatic heterocycles. The van der Waals surface area contributed by atoms with Crippen LogP contribution in [0, 0.1) is 0 Å². The molecule has 0 amide bonds. The molecule has 1 aliphatic rings. The summed E-state index contributed by atoms with van der Waals surface area (Å²) in [6.45, 7) is 1.45. The Morgan fingerprint density at radius 3 is 2.67 bits per heavy atom. The van der Waals surface area contributed by atoms with Gasteiger partial charge in [0.25, 0.3) is 0 Å². The highest BCUT2D eigenvalue weighted by molar-refractivity contribution is 7.89. The van der Waals surface area contributed by atoms with Crippen LogP contribution < -0.4 is 5.32 Å². The lowest BCUT2D eigenvalue weighted by atomic mass is 10.2. The maximum Gasteiger partial charge on any atom is 0.213 e. The lowest BCUT2D eigenvalue weighted by Gasteiger charge is -2.17. The number of pyridine rings is 1. The smallest absolute Gasteiger partial charge is 0.213 e. The molecule has 5 nitrogen and oxygen atoms in total. The van der Waals surface area contributed by atoms with Gasteiger partial charge in [-0.05, 0) is 56.3 Å². The summed E-state index contributed by atoms with van der Waals surface area (Å²) in [4.78, 5) is 3.96. The highest BCUT2D eigenvalue weighted by Gasteiger charge is 2.20. The molecule has 21 heavy (non-hydrogen) atoms. The molecule has 0 bridgehead atoms. The Morgan fingerprint density at radius 2 is 2.00 bits per heavy atom. The molecule has 1 aromatic rings. The van der Waals surface area contributed by atoms with Gasteiger partial charge in [0.2, 0.25) is 10.0 Å². The molecule has 0 aliphatic heterocycles. The van der Waals surface area contributed by atoms with E-state index >= 15 is 0 Å². The quantitative estimate of drug-likeness (QED) is 0.664. The van der Waals surface area contributed by atoms with Crippen LogP contribution in [-0.2, 0) is 16.4 Å². The molecule has 0 atom stereocenters. The zero-order valence-electron chi connectivity index (χ0n) is 12.7. The van der Waals surface area contributed by atoms with Crippen LogP contribution in [0.3, 0.4) is 0 Å². The van der Waals surface area contributed by atoms with Crippen LogP contribution in [0.1, 0.15) is 31.2 Å². The summed E-state index contributed by atoms with van der Waals surface area (Å²) in [6.07, 6.45) is 8.39. The van der Waals surface area contributed by atoms with Crippen LogP contribution in [0.25, 0.3) is 0 Å². The zero-order valence-corrected chi connectivity index (χ0v) is 13.5. The van der Waals surface area contributed by atoms with Crippen molar-refractivity contribution >= 4 is 10.0 Å². The molecule has 118 valence electrons. The van der Waals surface area contributed by atoms with Crippen molar-refractivity contribution in [1.29, 1.82) is 0 Å². The maximum absolute atomic E-state index is 12.2. The van der Waals surface area contributed by atoms with Crippen LogP contribution in [-0.4, -0.2) is 49.6 Å². The second-order valence-electron chi connectivity index (χ2n) is 5.68. The van der Waals surface area contributed by atoms with E-state index in [1.165, 1.54) is 17.1 Å². The van der Waals surface area contributed by atoms with E-state index in [0.29, 0.717) is 12.6 Å². The molecule has 1 heterocycles. The summed E-state index contributed by atoms with van der Waals surface area (Å²) >= 11 is 0. The Bertz CT molecular complexity index is 515. The molecule has 0 radical (unpaired) electrons. The summed E-state index contributed by atoms with van der Waals surface area (Å²) in [7, 11) is -1.46. The van der Waals surface area contributed by atoms with Crippen LogP contribution in [0.2, 0.25) is 0 Å². The highest BCUT2D eigenvalue weighted by Crippen LogP contribution is 2.18. The standard InChI is InChI=1S/C15H25N3O2S/c1-18(12-8-14-6-10-16-11-7-14)21(19,20)13-3-2-9-17-15-4-5-15/h6-7,10-11,15,17H,2-5,8-9,12-13H2,1H3. The Balaban J connectivity index is 1.65. The van der Waals surface area contributed by atoms with Gasteiger partial charge < -0.3 is 5.32 Å². The SMILES string of the molecule is CN(CCc1ccncc1)S(=O)(=O)CCCCNC1CC1. The van der Waals surface area contributed by atoms with Gasteiger partial charge in [0.1, 0.15) is 0 Å². The van der Waals surface area contributed by atoms with Crippen molar-refractivity contribution in [3.8, 4) is 0 Å². The van der Waals surface area contributed by atoms with E-state index in [1.807, 2.05) is 12.1 Å². The Hall–Kier alpha value is -0.980. The van der Waals surface area contributed by atoms with E-state index in [0.717, 1.165) is 31.4 Å². The number of hydrogen-bond donors (Lipinski definition) is 1. The minimum absolute atomic E-state index is 0.242. The molecule has 1 saturated carbocycles. The average molecular weight is 311 g/mol. The fourth-order valence-electron chi connectivity index (χ4n) is 2.13. The molecule has 0 aromatic carbocycles. The lowest BCUT2D eigenvalue weighted by Crippen LogP contribution is -2.31. The first-order valence-corrected chi connectivity index (χ1v) is 9.25. The fourth-order valence-corrected chi connectivity index (χ4v) is 3.38. The van der Waals surface area contributed by atoms with Crippen LogP contribution >= 0.6 is 0 Å². The Kier molecular flexibility index (Phi) is 6.14. The third-order valence-electron chi connectivity index (χ3n) is 3.78. The lowest BCUT2D eigenvalue weighted by molar-refractivity contribution is 0.469. The molecular weight excluding hydrogens is 286 g/mol. The second-order valence-corrected chi connectivity index (χ2v) is 7.87. The molecule has 1 fully saturated rings. The van der Waals surface area contributed by atoms with Gasteiger partial charge in [0.05, 0.1) is 5.75 Å². The zero-order chi connectivity index (χ0) is 15.1. The third-order valence-corrected chi connectivity index (χ3v) is 5.72. The van der Waals surface area contributed by atoms with Crippen LogP contribution in [0.15, 0.2) is 24.5 Å². The summed E-state index contributed by atoms with van der Waals surface area (Å²) in [6, 6.07) is 4.54. The largest absolute Gasteiger partial charge is 0.314 e. The van der Waals surface area contributed by atoms with Gasteiger partial charge in [-0.25, -0.2) is 12.7 Å². The molecule has 1 aliphatic carbocycles. The van der Waals surface area contributed by atoms with Crippen molar-refractivity contribution in [3.05, 3.63) is 30.1 Å². The van der Waals surface area contributed by atoms with Gasteiger partial charge in [-0.1, -0.05) is 0 Å². The molecule has 1 N–H and O–H groups in total. The van der Waals surface area contributed by atoms with Crippen molar-refractivity contribution in [2.45, 2.75) is 38.1 Å². The van der Waals surface area contributed by atoms with Crippen molar-refractivity contribution in [3.63, 3.8) is 0 Å². The summed E-state index contributed by atoms with van der Waals surface area (Å²) < 4.78 is 25.8. The third kappa shape index (κ3) is 6.11. The maximum atomic E-state index is 12.2. The van der Waals surface area contributed by atoms with Crippen LogP contribution in [0.4, 0.5) is 0 Å². The Labute approximate surface area is 127 Å². The van der Waals surface area contributed by atoms with Crippen molar-refractivity contribution in [2.24, 2.45) is 0 Å². The molecule has 0 spiro atoms. The number of nitrogens with zero attached hydrogens (tertiary/aromatic N) is 2. The summed E-state index contributed by atoms with van der Waals surface area (Å²) in [5.41, 5.74) is 1.11. The van der Waals surface area contributed by atoms with Gasteiger partial charge in [-0.2, -0.15) is 0 Å². The predicted octanol–water partition coefficient (Wildman–Crippen LogP) is 1.42. The first-order chi connectivity index (χ1) is 10.1. The fraction of sp³-hybridized carbons (Fsp3) is 0.667. The average Bonchev–Trinajstić information content (AvgIpc) is 3.29. The van der Waals surface area contributed by atoms with Gasteiger partial charge in [-0.3, -0.25) is 4.98 Å². The molecule has 2 rings (SSSR count). The monoisotopic (exact) mass is 311 g/mol. The van der Waals surface area contributed by atoms with Gasteiger partial charge >= 0.3 is 0 Å². The van der Waals surface area contributed by atoms with E-state index < -0.39 is 10.0 Å². The molecule has 6 heteroatoms. The Morgan fingerprint density at radius 1 is 1.29 bits per heavy atom. The first-order valence-electron chi connectivity index (χ1n) is 7.64. The van der Waals surface area contributed by atoms with Gasteiger partial charge in [0.15, 0.2) is 0 Å². The van der Waals surface area contributed by atoms with Crippen molar-refractivity contribution < 1.29 is 8.42 Å². The number of unbranched alkanes of at least 4 members (excludes halogenated alkanes) is 1. The number of nitrogens with one attached hydrogen (secondary N) is 1. The molecular formula is C15H25N3O2S. The predicted molar refractivity (Wildman–Crippen MR) is 84.6 cm³/mol. The number of aromatic nitrogens is 1. The number of rotatable bonds is 10. The van der Waals surface area contributed by atoms with Gasteiger partial charge in [-0.15, -0.1) is 0 Å². The van der Waals surface area contributed by atoms with Crippen molar-refractivity contribution in [1.82, 2.24) is 14.6 Å².